The maximum atomic E-state index is 10.0. The van der Waals surface area contributed by atoms with E-state index in [9.17, 15) is 4.79 Å². The van der Waals surface area contributed by atoms with Gasteiger partial charge in [-0.15, -0.1) is 5.10 Å². The van der Waals surface area contributed by atoms with Crippen LogP contribution in [0.4, 0.5) is 5.95 Å². The molecule has 202 valence electrons. The first-order valence-corrected chi connectivity index (χ1v) is 12.2. The summed E-state index contributed by atoms with van der Waals surface area (Å²) >= 11 is 0. The minimum Gasteiger partial charge on any atom is -0.366 e. The third-order valence-corrected chi connectivity index (χ3v) is 5.26. The fourth-order valence-electron chi connectivity index (χ4n) is 3.35. The Morgan fingerprint density at radius 1 is 0.675 bits per heavy atom. The number of nitrogens with one attached hydrogen (secondary N) is 2. The summed E-state index contributed by atoms with van der Waals surface area (Å²) in [4.78, 5) is 26.7. The summed E-state index contributed by atoms with van der Waals surface area (Å²) in [6.45, 7) is 0. The molecule has 6 aromatic rings. The summed E-state index contributed by atoms with van der Waals surface area (Å²) < 4.78 is 0. The van der Waals surface area contributed by atoms with Gasteiger partial charge in [-0.1, -0.05) is 80.2 Å². The number of aromatic amines is 2. The fraction of sp³-hybridized carbons (Fsp3) is 0.100. The summed E-state index contributed by atoms with van der Waals surface area (Å²) in [7, 11) is 0. The van der Waals surface area contributed by atoms with E-state index in [2.05, 4.69) is 64.6 Å². The Labute approximate surface area is 232 Å². The predicted octanol–water partition coefficient (Wildman–Crippen LogP) is 5.24. The van der Waals surface area contributed by atoms with Gasteiger partial charge in [-0.2, -0.15) is 10.1 Å². The molecule has 40 heavy (non-hydrogen) atoms. The van der Waals surface area contributed by atoms with E-state index in [0.29, 0.717) is 11.6 Å². The smallest absolute Gasteiger partial charge is 0.239 e. The number of H-pyrrole nitrogens is 2. The number of aldehydes is 1. The molecule has 0 amide bonds. The lowest BCUT2D eigenvalue weighted by atomic mass is 10.1. The van der Waals surface area contributed by atoms with E-state index < -0.39 is 0 Å². The monoisotopic (exact) mass is 533 g/mol. The molecule has 0 atom stereocenters. The Morgan fingerprint density at radius 2 is 1.30 bits per heavy atom. The molecule has 0 fully saturated rings. The number of nitrogens with two attached hydrogens (primary N) is 1. The van der Waals surface area contributed by atoms with Crippen LogP contribution in [0, 0.1) is 0 Å². The van der Waals surface area contributed by atoms with Gasteiger partial charge in [-0.25, -0.2) is 4.98 Å². The van der Waals surface area contributed by atoms with E-state index in [4.69, 9.17) is 5.73 Å². The van der Waals surface area contributed by atoms with Crippen molar-refractivity contribution in [1.29, 1.82) is 0 Å². The highest BCUT2D eigenvalue weighted by molar-refractivity contribution is 5.74. The number of carbonyl (C=O) groups excluding carboxylic acids is 1. The highest BCUT2D eigenvalue weighted by Gasteiger charge is 2.06. The second-order valence-corrected chi connectivity index (χ2v) is 8.09. The highest BCUT2D eigenvalue weighted by atomic mass is 16.1. The number of hydrogen-bond acceptors (Lipinski definition) is 8. The van der Waals surface area contributed by atoms with Crippen LogP contribution in [0.25, 0.3) is 23.0 Å². The van der Waals surface area contributed by atoms with Gasteiger partial charge in [0, 0.05) is 24.4 Å². The first-order valence-electron chi connectivity index (χ1n) is 12.2. The molecule has 0 aliphatic rings. The Morgan fingerprint density at radius 3 is 1.85 bits per heavy atom. The number of anilines is 1. The summed E-state index contributed by atoms with van der Waals surface area (Å²) in [6.07, 6.45) is 6.07. The van der Waals surface area contributed by atoms with Crippen LogP contribution in [0.1, 0.15) is 29.2 Å². The Kier molecular flexibility index (Phi) is 11.4. The Balaban J connectivity index is 0.000000180. The number of carbonyl (C=O) groups is 1. The molecule has 6 rings (SSSR count). The molecule has 0 saturated carbocycles. The van der Waals surface area contributed by atoms with Gasteiger partial charge < -0.3 is 5.73 Å². The zero-order valence-electron chi connectivity index (χ0n) is 21.1. The maximum Gasteiger partial charge on any atom is 0.239 e. The van der Waals surface area contributed by atoms with E-state index >= 15 is 0 Å². The first-order chi connectivity index (χ1) is 19.2. The number of pyridine rings is 2. The zero-order valence-corrected chi connectivity index (χ0v) is 21.1. The number of aromatic nitrogens is 8. The molecule has 2 aromatic carbocycles. The average Bonchev–Trinajstić information content (AvgIpc) is 3.68. The molecule has 0 aliphatic carbocycles. The van der Waals surface area contributed by atoms with Crippen LogP contribution in [0.5, 0.6) is 0 Å². The minimum absolute atomic E-state index is 0. The van der Waals surface area contributed by atoms with Crippen LogP contribution in [-0.2, 0) is 12.8 Å². The molecular weight excluding hydrogens is 502 g/mol. The highest BCUT2D eigenvalue weighted by Crippen LogP contribution is 2.12. The summed E-state index contributed by atoms with van der Waals surface area (Å²) in [5.41, 5.74) is 8.90. The standard InChI is InChI=1S/C15H14N4.C7H7N5.C7H6O.CH4/c1-2-6-12(7-3-1)9-10-14-17-15(19-18-14)13-8-4-5-11-16-13;8-7-10-6(11-12-7)5-3-1-2-4-9-5;8-6-7-4-2-1-3-5-7;/h1-8,11H,9-10H2,(H,17,18,19);1-4H,(H3,8,10,11,12);1-6H;1H4. The van der Waals surface area contributed by atoms with Crippen LogP contribution in [0.15, 0.2) is 109 Å². The third-order valence-electron chi connectivity index (χ3n) is 5.26. The van der Waals surface area contributed by atoms with E-state index in [0.717, 1.165) is 41.9 Å². The van der Waals surface area contributed by atoms with Crippen LogP contribution in [0.2, 0.25) is 0 Å². The molecule has 0 bridgehead atoms. The van der Waals surface area contributed by atoms with Crippen molar-refractivity contribution in [2.75, 3.05) is 5.73 Å². The number of hydrogen-bond donors (Lipinski definition) is 3. The van der Waals surface area contributed by atoms with Crippen LogP contribution < -0.4 is 5.73 Å². The minimum atomic E-state index is 0. The second kappa shape index (κ2) is 15.7. The van der Waals surface area contributed by atoms with Crippen molar-refractivity contribution in [2.24, 2.45) is 0 Å². The van der Waals surface area contributed by atoms with Crippen molar-refractivity contribution < 1.29 is 4.79 Å². The lowest BCUT2D eigenvalue weighted by Gasteiger charge is -1.97. The normalized spacial score (nSPS) is 9.70. The van der Waals surface area contributed by atoms with Gasteiger partial charge in [0.15, 0.2) is 11.6 Å². The van der Waals surface area contributed by atoms with Crippen LogP contribution in [0.3, 0.4) is 0 Å². The van der Waals surface area contributed by atoms with Crippen molar-refractivity contribution in [3.8, 4) is 23.0 Å². The summed E-state index contributed by atoms with van der Waals surface area (Å²) in [5, 5.41) is 13.5. The van der Waals surface area contributed by atoms with Gasteiger partial charge in [0.1, 0.15) is 23.5 Å². The second-order valence-electron chi connectivity index (χ2n) is 8.09. The van der Waals surface area contributed by atoms with Gasteiger partial charge in [0.05, 0.1) is 0 Å². The molecule has 10 heteroatoms. The van der Waals surface area contributed by atoms with Crippen molar-refractivity contribution in [3.05, 3.63) is 126 Å². The van der Waals surface area contributed by atoms with Crippen molar-refractivity contribution in [2.45, 2.75) is 20.3 Å². The van der Waals surface area contributed by atoms with E-state index in [-0.39, 0.29) is 13.4 Å². The first kappa shape index (κ1) is 29.1. The zero-order chi connectivity index (χ0) is 27.1. The van der Waals surface area contributed by atoms with Gasteiger partial charge in [0.25, 0.3) is 0 Å². The van der Waals surface area contributed by atoms with Crippen LogP contribution >= 0.6 is 0 Å². The predicted molar refractivity (Wildman–Crippen MR) is 156 cm³/mol. The fourth-order valence-corrected chi connectivity index (χ4v) is 3.35. The van der Waals surface area contributed by atoms with Gasteiger partial charge in [-0.05, 0) is 36.2 Å². The Bertz CT molecular complexity index is 1520. The quantitative estimate of drug-likeness (QED) is 0.246. The van der Waals surface area contributed by atoms with E-state index in [1.807, 2.05) is 60.7 Å². The molecule has 0 unspecified atom stereocenters. The number of nitrogen functional groups attached to an aromatic ring is 1. The largest absolute Gasteiger partial charge is 0.366 e. The van der Waals surface area contributed by atoms with Gasteiger partial charge in [-0.3, -0.25) is 25.0 Å². The van der Waals surface area contributed by atoms with Crippen LogP contribution in [-0.4, -0.2) is 46.6 Å². The van der Waals surface area contributed by atoms with Gasteiger partial charge in [0.2, 0.25) is 5.95 Å². The Hall–Kier alpha value is -5.51. The summed E-state index contributed by atoms with van der Waals surface area (Å²) in [6, 6.07) is 30.7. The number of nitrogens with zero attached hydrogens (tertiary/aromatic N) is 6. The topological polar surface area (TPSA) is 152 Å². The number of benzene rings is 2. The SMILES string of the molecule is C.Nc1n[nH]c(-c2ccccn2)n1.O=Cc1ccccc1.c1ccc(CCc2nc(-c3ccccn3)n[nH]2)cc1. The van der Waals surface area contributed by atoms with Gasteiger partial charge >= 0.3 is 0 Å². The maximum absolute atomic E-state index is 10.0. The van der Waals surface area contributed by atoms with Crippen molar-refractivity contribution in [3.63, 3.8) is 0 Å². The molecule has 0 saturated heterocycles. The van der Waals surface area contributed by atoms with Crippen molar-refractivity contribution >= 4 is 12.2 Å². The van der Waals surface area contributed by atoms with Crippen molar-refractivity contribution in [1.82, 2.24) is 40.3 Å². The molecule has 4 N–H and O–H groups in total. The molecule has 4 heterocycles. The molecule has 0 aliphatic heterocycles. The average molecular weight is 534 g/mol. The lowest BCUT2D eigenvalue weighted by molar-refractivity contribution is 0.112. The number of rotatable bonds is 6. The van der Waals surface area contributed by atoms with E-state index in [1.165, 1.54) is 5.56 Å². The molecular formula is C30H31N9O. The van der Waals surface area contributed by atoms with E-state index in [1.54, 1.807) is 24.5 Å². The molecule has 10 nitrogen and oxygen atoms in total. The summed E-state index contributed by atoms with van der Waals surface area (Å²) in [5.74, 6) is 2.37. The molecule has 4 aromatic heterocycles. The lowest BCUT2D eigenvalue weighted by Crippen LogP contribution is -1.93. The molecule has 0 radical (unpaired) electrons. The third kappa shape index (κ3) is 9.10. The number of aryl methyl sites for hydroxylation is 2. The molecule has 0 spiro atoms.